The van der Waals surface area contributed by atoms with Crippen molar-refractivity contribution in [2.75, 3.05) is 0 Å². The molecular formula is C9H14N2O. The van der Waals surface area contributed by atoms with Crippen LogP contribution in [0.15, 0.2) is 11.1 Å². The molecule has 0 unspecified atom stereocenters. The van der Waals surface area contributed by atoms with Crippen LogP contribution in [0.1, 0.15) is 37.9 Å². The van der Waals surface area contributed by atoms with E-state index in [1.807, 2.05) is 20.8 Å². The van der Waals surface area contributed by atoms with E-state index in [0.29, 0.717) is 5.92 Å². The van der Waals surface area contributed by atoms with Gasteiger partial charge in [0.2, 0.25) is 0 Å². The first-order valence-electron chi connectivity index (χ1n) is 4.23. The maximum absolute atomic E-state index is 11.3. The van der Waals surface area contributed by atoms with Crippen molar-refractivity contribution in [3.8, 4) is 0 Å². The predicted molar refractivity (Wildman–Crippen MR) is 48.3 cm³/mol. The molecule has 0 amide bonds. The number of hydrogen-bond acceptors (Lipinski definition) is 2. The summed E-state index contributed by atoms with van der Waals surface area (Å²) >= 11 is 0. The molecule has 1 N–H and O–H groups in total. The molecule has 12 heavy (non-hydrogen) atoms. The van der Waals surface area contributed by atoms with Crippen molar-refractivity contribution in [2.45, 2.75) is 33.1 Å². The van der Waals surface area contributed by atoms with E-state index < -0.39 is 0 Å². The van der Waals surface area contributed by atoms with Crippen LogP contribution in [0.2, 0.25) is 0 Å². The first kappa shape index (κ1) is 8.97. The Bertz CT molecular complexity index is 315. The summed E-state index contributed by atoms with van der Waals surface area (Å²) < 4.78 is 0. The topological polar surface area (TPSA) is 45.8 Å². The lowest BCUT2D eigenvalue weighted by Crippen LogP contribution is -2.16. The summed E-state index contributed by atoms with van der Waals surface area (Å²) in [5, 5.41) is 0. The highest BCUT2D eigenvalue weighted by molar-refractivity contribution is 5.18. The van der Waals surface area contributed by atoms with E-state index in [0.717, 1.165) is 17.7 Å². The highest BCUT2D eigenvalue weighted by Crippen LogP contribution is 2.12. The zero-order valence-corrected chi connectivity index (χ0v) is 7.72. The number of hydrogen-bond donors (Lipinski definition) is 1. The average molecular weight is 166 g/mol. The maximum Gasteiger partial charge on any atom is 0.254 e. The smallest absolute Gasteiger partial charge is 0.254 e. The Morgan fingerprint density at radius 3 is 2.67 bits per heavy atom. The van der Waals surface area contributed by atoms with E-state index in [1.165, 1.54) is 6.33 Å². The standard InChI is InChI=1S/C9H14N2O/c1-4-7-8(6(2)3)10-5-11-9(7)12/h5-6H,4H2,1-3H3,(H,10,11,12). The van der Waals surface area contributed by atoms with Gasteiger partial charge in [-0.1, -0.05) is 20.8 Å². The van der Waals surface area contributed by atoms with E-state index in [9.17, 15) is 4.79 Å². The normalized spacial score (nSPS) is 10.7. The minimum atomic E-state index is -0.00352. The van der Waals surface area contributed by atoms with Crippen LogP contribution in [0.4, 0.5) is 0 Å². The van der Waals surface area contributed by atoms with Gasteiger partial charge in [0.05, 0.1) is 12.0 Å². The maximum atomic E-state index is 11.3. The van der Waals surface area contributed by atoms with E-state index >= 15 is 0 Å². The summed E-state index contributed by atoms with van der Waals surface area (Å²) in [6.07, 6.45) is 2.22. The van der Waals surface area contributed by atoms with E-state index in [1.54, 1.807) is 0 Å². The molecule has 0 fully saturated rings. The molecule has 0 aliphatic heterocycles. The lowest BCUT2D eigenvalue weighted by atomic mass is 10.0. The molecule has 3 heteroatoms. The van der Waals surface area contributed by atoms with E-state index in [-0.39, 0.29) is 5.56 Å². The molecule has 0 radical (unpaired) electrons. The van der Waals surface area contributed by atoms with Gasteiger partial charge in [-0.15, -0.1) is 0 Å². The van der Waals surface area contributed by atoms with Crippen LogP contribution in [-0.4, -0.2) is 9.97 Å². The molecule has 3 nitrogen and oxygen atoms in total. The van der Waals surface area contributed by atoms with Crippen LogP contribution in [0, 0.1) is 0 Å². The summed E-state index contributed by atoms with van der Waals surface area (Å²) in [6, 6.07) is 0. The van der Waals surface area contributed by atoms with Crippen molar-refractivity contribution in [3.05, 3.63) is 27.9 Å². The highest BCUT2D eigenvalue weighted by atomic mass is 16.1. The van der Waals surface area contributed by atoms with E-state index in [4.69, 9.17) is 0 Å². The van der Waals surface area contributed by atoms with Gasteiger partial charge >= 0.3 is 0 Å². The minimum Gasteiger partial charge on any atom is -0.313 e. The van der Waals surface area contributed by atoms with Crippen LogP contribution in [0.25, 0.3) is 0 Å². The molecule has 0 atom stereocenters. The number of nitrogens with zero attached hydrogens (tertiary/aromatic N) is 1. The summed E-state index contributed by atoms with van der Waals surface area (Å²) in [4.78, 5) is 18.0. The van der Waals surface area contributed by atoms with Gasteiger partial charge in [0.1, 0.15) is 0 Å². The van der Waals surface area contributed by atoms with Gasteiger partial charge in [0.15, 0.2) is 0 Å². The molecular weight excluding hydrogens is 152 g/mol. The van der Waals surface area contributed by atoms with Gasteiger partial charge in [-0.3, -0.25) is 4.79 Å². The van der Waals surface area contributed by atoms with Crippen molar-refractivity contribution in [1.29, 1.82) is 0 Å². The molecule has 1 aromatic heterocycles. The van der Waals surface area contributed by atoms with Crippen LogP contribution in [0.5, 0.6) is 0 Å². The third-order valence-electron chi connectivity index (χ3n) is 1.88. The fraction of sp³-hybridized carbons (Fsp3) is 0.556. The zero-order valence-electron chi connectivity index (χ0n) is 7.72. The Hall–Kier alpha value is -1.12. The van der Waals surface area contributed by atoms with Crippen molar-refractivity contribution >= 4 is 0 Å². The molecule has 1 heterocycles. The van der Waals surface area contributed by atoms with Crippen LogP contribution < -0.4 is 5.56 Å². The van der Waals surface area contributed by atoms with E-state index in [2.05, 4.69) is 9.97 Å². The van der Waals surface area contributed by atoms with Gasteiger partial charge in [-0.25, -0.2) is 4.98 Å². The Kier molecular flexibility index (Phi) is 2.63. The largest absolute Gasteiger partial charge is 0.313 e. The summed E-state index contributed by atoms with van der Waals surface area (Å²) in [6.45, 7) is 6.06. The Labute approximate surface area is 71.9 Å². The fourth-order valence-electron chi connectivity index (χ4n) is 1.28. The van der Waals surface area contributed by atoms with Crippen LogP contribution >= 0.6 is 0 Å². The minimum absolute atomic E-state index is 0.00352. The first-order chi connectivity index (χ1) is 5.66. The Morgan fingerprint density at radius 2 is 2.25 bits per heavy atom. The van der Waals surface area contributed by atoms with Gasteiger partial charge in [-0.2, -0.15) is 0 Å². The lowest BCUT2D eigenvalue weighted by molar-refractivity contribution is 0.780. The molecule has 0 aromatic carbocycles. The third-order valence-corrected chi connectivity index (χ3v) is 1.88. The molecule has 0 bridgehead atoms. The molecule has 1 rings (SSSR count). The average Bonchev–Trinajstić information content (AvgIpc) is 2.03. The van der Waals surface area contributed by atoms with Crippen molar-refractivity contribution < 1.29 is 0 Å². The fourth-order valence-corrected chi connectivity index (χ4v) is 1.28. The molecule has 0 saturated carbocycles. The second-order valence-corrected chi connectivity index (χ2v) is 3.10. The molecule has 0 spiro atoms. The van der Waals surface area contributed by atoms with Gasteiger partial charge in [0.25, 0.3) is 5.56 Å². The Morgan fingerprint density at radius 1 is 1.58 bits per heavy atom. The van der Waals surface area contributed by atoms with Crippen molar-refractivity contribution in [2.24, 2.45) is 0 Å². The van der Waals surface area contributed by atoms with Gasteiger partial charge in [0, 0.05) is 5.56 Å². The number of nitrogens with one attached hydrogen (secondary N) is 1. The molecule has 1 aromatic rings. The van der Waals surface area contributed by atoms with Crippen LogP contribution in [-0.2, 0) is 6.42 Å². The number of aromatic amines is 1. The predicted octanol–water partition coefficient (Wildman–Crippen LogP) is 1.46. The summed E-state index contributed by atoms with van der Waals surface area (Å²) in [5.74, 6) is 0.322. The van der Waals surface area contributed by atoms with Crippen molar-refractivity contribution in [3.63, 3.8) is 0 Å². The zero-order chi connectivity index (χ0) is 9.14. The number of aromatic nitrogens is 2. The molecule has 0 saturated heterocycles. The molecule has 0 aliphatic carbocycles. The number of rotatable bonds is 2. The highest BCUT2D eigenvalue weighted by Gasteiger charge is 2.08. The second kappa shape index (κ2) is 3.52. The number of H-pyrrole nitrogens is 1. The second-order valence-electron chi connectivity index (χ2n) is 3.10. The SMILES string of the molecule is CCc1c(C(C)C)nc[nH]c1=O. The molecule has 0 aliphatic rings. The summed E-state index contributed by atoms with van der Waals surface area (Å²) in [7, 11) is 0. The first-order valence-corrected chi connectivity index (χ1v) is 4.23. The molecule has 66 valence electrons. The quantitative estimate of drug-likeness (QED) is 0.722. The lowest BCUT2D eigenvalue weighted by Gasteiger charge is -2.07. The van der Waals surface area contributed by atoms with Crippen molar-refractivity contribution in [1.82, 2.24) is 9.97 Å². The summed E-state index contributed by atoms with van der Waals surface area (Å²) in [5.41, 5.74) is 1.73. The Balaban J connectivity index is 3.28. The van der Waals surface area contributed by atoms with Gasteiger partial charge < -0.3 is 4.98 Å². The van der Waals surface area contributed by atoms with Gasteiger partial charge in [-0.05, 0) is 12.3 Å². The third kappa shape index (κ3) is 1.55. The van der Waals surface area contributed by atoms with Crippen LogP contribution in [0.3, 0.4) is 0 Å². The monoisotopic (exact) mass is 166 g/mol.